The number of carbonyl (C=O) groups is 1. The third-order valence-corrected chi connectivity index (χ3v) is 4.97. The number of carbonyl (C=O) groups excluding carboxylic acids is 1. The van der Waals surface area contributed by atoms with E-state index in [0.717, 1.165) is 21.7 Å². The molecule has 2 rings (SSSR count). The summed E-state index contributed by atoms with van der Waals surface area (Å²) < 4.78 is 25.2. The molecule has 0 aromatic carbocycles. The maximum atomic E-state index is 12.4. The van der Waals surface area contributed by atoms with Crippen molar-refractivity contribution in [2.24, 2.45) is 0 Å². The zero-order valence-corrected chi connectivity index (χ0v) is 15.2. The minimum atomic E-state index is -3.51. The molecule has 134 valence electrons. The van der Waals surface area contributed by atoms with Crippen LogP contribution in [0.3, 0.4) is 0 Å². The number of sulfonamides is 1. The molecular weight excluding hydrogens is 340 g/mol. The summed E-state index contributed by atoms with van der Waals surface area (Å²) in [4.78, 5) is 21.9. The summed E-state index contributed by atoms with van der Waals surface area (Å²) in [5, 5.41) is 0. The lowest BCUT2D eigenvalue weighted by molar-refractivity contribution is -0.130. The Hall–Kier alpha value is -2.32. The molecule has 0 fully saturated rings. The first kappa shape index (κ1) is 19.0. The third kappa shape index (κ3) is 6.24. The van der Waals surface area contributed by atoms with Crippen molar-refractivity contribution in [2.75, 3.05) is 26.4 Å². The van der Waals surface area contributed by atoms with Crippen molar-refractivity contribution < 1.29 is 13.2 Å². The Bertz CT molecular complexity index is 782. The van der Waals surface area contributed by atoms with Crippen LogP contribution >= 0.6 is 0 Å². The first-order valence-corrected chi connectivity index (χ1v) is 9.68. The molecule has 8 heteroatoms. The van der Waals surface area contributed by atoms with E-state index in [-0.39, 0.29) is 19.0 Å². The van der Waals surface area contributed by atoms with Crippen LogP contribution in [0, 0.1) is 0 Å². The maximum absolute atomic E-state index is 12.4. The Morgan fingerprint density at radius 1 is 1.08 bits per heavy atom. The number of nitrogens with zero attached hydrogens (tertiary/aromatic N) is 4. The van der Waals surface area contributed by atoms with Crippen LogP contribution in [0.5, 0.6) is 0 Å². The predicted molar refractivity (Wildman–Crippen MR) is 95.1 cm³/mol. The summed E-state index contributed by atoms with van der Waals surface area (Å²) in [5.41, 5.74) is 1.81. The fourth-order valence-electron chi connectivity index (χ4n) is 2.23. The van der Waals surface area contributed by atoms with Gasteiger partial charge in [0.2, 0.25) is 15.9 Å². The van der Waals surface area contributed by atoms with Crippen molar-refractivity contribution in [3.05, 3.63) is 60.2 Å². The molecule has 0 spiro atoms. The van der Waals surface area contributed by atoms with Gasteiger partial charge < -0.3 is 4.90 Å². The zero-order valence-electron chi connectivity index (χ0n) is 14.4. The third-order valence-electron chi connectivity index (χ3n) is 3.77. The van der Waals surface area contributed by atoms with Crippen LogP contribution in [0.2, 0.25) is 0 Å². The summed E-state index contributed by atoms with van der Waals surface area (Å²) in [5.74, 6) is -0.247. The summed E-state index contributed by atoms with van der Waals surface area (Å²) >= 11 is 0. The Kier molecular flexibility index (Phi) is 6.60. The van der Waals surface area contributed by atoms with Crippen molar-refractivity contribution >= 4 is 15.9 Å². The van der Waals surface area contributed by atoms with E-state index < -0.39 is 10.0 Å². The van der Waals surface area contributed by atoms with Gasteiger partial charge in [0.15, 0.2) is 0 Å². The second-order valence-corrected chi connectivity index (χ2v) is 7.80. The number of amides is 1. The largest absolute Gasteiger partial charge is 0.344 e. The first-order valence-electron chi connectivity index (χ1n) is 7.83. The number of hydrogen-bond acceptors (Lipinski definition) is 5. The second-order valence-electron chi connectivity index (χ2n) is 5.81. The minimum absolute atomic E-state index is 0.122. The van der Waals surface area contributed by atoms with Crippen LogP contribution in [-0.2, 0) is 27.8 Å². The summed E-state index contributed by atoms with van der Waals surface area (Å²) in [6.45, 7) is 0.435. The molecule has 0 bridgehead atoms. The van der Waals surface area contributed by atoms with Crippen LogP contribution in [0.4, 0.5) is 0 Å². The van der Waals surface area contributed by atoms with E-state index >= 15 is 0 Å². The average Bonchev–Trinajstić information content (AvgIpc) is 2.60. The molecule has 1 amide bonds. The lowest BCUT2D eigenvalue weighted by Crippen LogP contribution is -2.41. The predicted octanol–water partition coefficient (Wildman–Crippen LogP) is 0.939. The Morgan fingerprint density at radius 2 is 1.80 bits per heavy atom. The molecule has 7 nitrogen and oxygen atoms in total. The monoisotopic (exact) mass is 362 g/mol. The van der Waals surface area contributed by atoms with E-state index in [0.29, 0.717) is 13.0 Å². The van der Waals surface area contributed by atoms with Crippen LogP contribution in [0.15, 0.2) is 49.1 Å². The lowest BCUT2D eigenvalue weighted by Gasteiger charge is -2.23. The summed E-state index contributed by atoms with van der Waals surface area (Å²) in [6.07, 6.45) is 8.41. The van der Waals surface area contributed by atoms with Crippen molar-refractivity contribution in [2.45, 2.75) is 13.0 Å². The highest BCUT2D eigenvalue weighted by atomic mass is 32.2. The molecular formula is C17H22N4O3S. The van der Waals surface area contributed by atoms with Gasteiger partial charge in [0.05, 0.1) is 12.8 Å². The standard InChI is InChI=1S/C17H22N4O3S/c1-20(11-7-15-5-9-18-10-6-15)17(22)14-21(25(2,23)24)13-16-4-3-8-19-12-16/h3-6,8-10,12H,7,11,13-14H2,1-2H3. The quantitative estimate of drug-likeness (QED) is 0.698. The lowest BCUT2D eigenvalue weighted by atomic mass is 10.2. The number of aromatic nitrogens is 2. The molecule has 0 unspecified atom stereocenters. The van der Waals surface area contributed by atoms with Gasteiger partial charge in [0, 0.05) is 44.9 Å². The zero-order chi connectivity index (χ0) is 18.3. The molecule has 2 aromatic heterocycles. The average molecular weight is 362 g/mol. The van der Waals surface area contributed by atoms with E-state index in [1.807, 2.05) is 12.1 Å². The number of pyridine rings is 2. The van der Waals surface area contributed by atoms with Gasteiger partial charge in [0.1, 0.15) is 0 Å². The van der Waals surface area contributed by atoms with E-state index in [1.54, 1.807) is 48.9 Å². The highest BCUT2D eigenvalue weighted by molar-refractivity contribution is 7.88. The van der Waals surface area contributed by atoms with Crippen molar-refractivity contribution in [1.82, 2.24) is 19.2 Å². The van der Waals surface area contributed by atoms with Crippen molar-refractivity contribution in [3.8, 4) is 0 Å². The van der Waals surface area contributed by atoms with Gasteiger partial charge >= 0.3 is 0 Å². The molecule has 25 heavy (non-hydrogen) atoms. The molecule has 0 atom stereocenters. The summed E-state index contributed by atoms with van der Waals surface area (Å²) in [7, 11) is -1.83. The maximum Gasteiger partial charge on any atom is 0.237 e. The second kappa shape index (κ2) is 8.68. The van der Waals surface area contributed by atoms with Gasteiger partial charge in [-0.05, 0) is 35.7 Å². The molecule has 0 saturated carbocycles. The Labute approximate surface area is 148 Å². The Morgan fingerprint density at radius 3 is 2.40 bits per heavy atom. The molecule has 0 radical (unpaired) electrons. The van der Waals surface area contributed by atoms with Crippen LogP contribution in [0.1, 0.15) is 11.1 Å². The van der Waals surface area contributed by atoms with Gasteiger partial charge in [-0.15, -0.1) is 0 Å². The SMILES string of the molecule is CN(CCc1ccncc1)C(=O)CN(Cc1cccnc1)S(C)(=O)=O. The van der Waals surface area contributed by atoms with Gasteiger partial charge in [-0.3, -0.25) is 14.8 Å². The van der Waals surface area contributed by atoms with Gasteiger partial charge in [0.25, 0.3) is 0 Å². The van der Waals surface area contributed by atoms with E-state index in [1.165, 1.54) is 0 Å². The normalized spacial score (nSPS) is 11.5. The van der Waals surface area contributed by atoms with Crippen LogP contribution in [0.25, 0.3) is 0 Å². The van der Waals surface area contributed by atoms with E-state index in [4.69, 9.17) is 0 Å². The van der Waals surface area contributed by atoms with E-state index in [9.17, 15) is 13.2 Å². The topological polar surface area (TPSA) is 83.5 Å². The fraction of sp³-hybridized carbons (Fsp3) is 0.353. The molecule has 2 aromatic rings. The molecule has 2 heterocycles. The molecule has 0 aliphatic carbocycles. The first-order chi connectivity index (χ1) is 11.9. The molecule has 0 saturated heterocycles. The molecule has 0 aliphatic rings. The minimum Gasteiger partial charge on any atom is -0.344 e. The molecule has 0 N–H and O–H groups in total. The number of rotatable bonds is 8. The van der Waals surface area contributed by atoms with E-state index in [2.05, 4.69) is 9.97 Å². The van der Waals surface area contributed by atoms with Gasteiger partial charge in [-0.25, -0.2) is 8.42 Å². The Balaban J connectivity index is 1.96. The number of hydrogen-bond donors (Lipinski definition) is 0. The molecule has 0 aliphatic heterocycles. The number of likely N-dealkylation sites (N-methyl/N-ethyl adjacent to an activating group) is 1. The van der Waals surface area contributed by atoms with Crippen LogP contribution < -0.4 is 0 Å². The fourth-order valence-corrected chi connectivity index (χ4v) is 2.96. The van der Waals surface area contributed by atoms with Crippen molar-refractivity contribution in [1.29, 1.82) is 0 Å². The van der Waals surface area contributed by atoms with Gasteiger partial charge in [-0.1, -0.05) is 6.07 Å². The highest BCUT2D eigenvalue weighted by Crippen LogP contribution is 2.08. The summed E-state index contributed by atoms with van der Waals surface area (Å²) in [6, 6.07) is 7.30. The smallest absolute Gasteiger partial charge is 0.237 e. The highest BCUT2D eigenvalue weighted by Gasteiger charge is 2.22. The van der Waals surface area contributed by atoms with Crippen molar-refractivity contribution in [3.63, 3.8) is 0 Å². The van der Waals surface area contributed by atoms with Crippen LogP contribution in [-0.4, -0.2) is 59.9 Å². The van der Waals surface area contributed by atoms with Gasteiger partial charge in [-0.2, -0.15) is 4.31 Å².